The Morgan fingerprint density at radius 1 is 1.25 bits per heavy atom. The number of hydrogen-bond donors (Lipinski definition) is 1. The number of hydrogen-bond acceptors (Lipinski definition) is 4. The van der Waals surface area contributed by atoms with E-state index in [1.165, 1.54) is 6.07 Å². The van der Waals surface area contributed by atoms with Crippen LogP contribution in [-0.2, 0) is 9.09 Å². The number of carbonyl (C=O) groups excluding carboxylic acids is 1. The second kappa shape index (κ2) is 4.43. The molecule has 6 heteroatoms. The van der Waals surface area contributed by atoms with Crippen LogP contribution in [-0.4, -0.2) is 15.8 Å². The number of fused-ring (bicyclic) bond motifs is 1. The summed E-state index contributed by atoms with van der Waals surface area (Å²) in [5.74, 6) is -0.892. The minimum absolute atomic E-state index is 0.0195. The van der Waals surface area contributed by atoms with Gasteiger partial charge in [-0.15, -0.1) is 0 Å². The fraction of sp³-hybridized carbons (Fsp3) is 0. The molecule has 2 rings (SSSR count). The van der Waals surface area contributed by atoms with E-state index in [9.17, 15) is 9.36 Å². The predicted octanol–water partition coefficient (Wildman–Crippen LogP) is 1.77. The first-order valence-electron chi connectivity index (χ1n) is 4.48. The van der Waals surface area contributed by atoms with E-state index in [2.05, 4.69) is 9.51 Å². The minimum Gasteiger partial charge on any atom is -0.389 e. The maximum atomic E-state index is 11.3. The van der Waals surface area contributed by atoms with Gasteiger partial charge < -0.3 is 9.42 Å². The molecule has 0 bridgehead atoms. The Balaban J connectivity index is 2.39. The summed E-state index contributed by atoms with van der Waals surface area (Å²) < 4.78 is 14.5. The molecule has 0 aliphatic carbocycles. The van der Waals surface area contributed by atoms with Gasteiger partial charge in [0.15, 0.2) is 0 Å². The third-order valence-electron chi connectivity index (χ3n) is 1.99. The Labute approximate surface area is 91.6 Å². The summed E-state index contributed by atoms with van der Waals surface area (Å²) >= 11 is 0. The predicted molar refractivity (Wildman–Crippen MR) is 58.4 cm³/mol. The van der Waals surface area contributed by atoms with Crippen LogP contribution in [0.2, 0.25) is 0 Å². The van der Waals surface area contributed by atoms with E-state index < -0.39 is 14.2 Å². The molecule has 1 aromatic carbocycles. The van der Waals surface area contributed by atoms with Crippen LogP contribution in [0.3, 0.4) is 0 Å². The molecular weight excluding hydrogens is 229 g/mol. The smallest absolute Gasteiger partial charge is 0.367 e. The average Bonchev–Trinajstić information content (AvgIpc) is 2.27. The number of pyridine rings is 1. The number of carbonyl (C=O) groups is 1. The standard InChI is InChI=1S/C10H8NO4P/c12-10(15-16(13)14)9-6-5-7-3-1-2-4-8(7)11-9/h1-6,16H,(H,13,14). The van der Waals surface area contributed by atoms with Crippen LogP contribution >= 0.6 is 8.25 Å². The number of rotatable bonds is 2. The van der Waals surface area contributed by atoms with Crippen LogP contribution in [0.5, 0.6) is 0 Å². The van der Waals surface area contributed by atoms with Crippen LogP contribution < -0.4 is 0 Å². The summed E-state index contributed by atoms with van der Waals surface area (Å²) in [4.78, 5) is 23.8. The average molecular weight is 237 g/mol. The van der Waals surface area contributed by atoms with E-state index in [1.54, 1.807) is 18.2 Å². The number of para-hydroxylation sites is 1. The lowest BCUT2D eigenvalue weighted by Crippen LogP contribution is -2.02. The Bertz CT molecular complexity index is 570. The SMILES string of the molecule is O=C(O[PH](=O)O)c1ccc2ccccc2n1. The first kappa shape index (κ1) is 10.8. The zero-order valence-electron chi connectivity index (χ0n) is 8.08. The van der Waals surface area contributed by atoms with E-state index in [1.807, 2.05) is 12.1 Å². The van der Waals surface area contributed by atoms with Gasteiger partial charge in [0.25, 0.3) is 0 Å². The molecule has 0 aliphatic rings. The largest absolute Gasteiger partial charge is 0.389 e. The van der Waals surface area contributed by atoms with Crippen LogP contribution in [0, 0.1) is 0 Å². The zero-order chi connectivity index (χ0) is 11.5. The summed E-state index contributed by atoms with van der Waals surface area (Å²) in [7, 11) is -3.27. The molecule has 0 radical (unpaired) electrons. The molecule has 1 heterocycles. The quantitative estimate of drug-likeness (QED) is 0.805. The molecule has 1 unspecified atom stereocenters. The molecule has 0 spiro atoms. The first-order chi connectivity index (χ1) is 7.66. The van der Waals surface area contributed by atoms with Crippen molar-refractivity contribution < 1.29 is 18.8 Å². The maximum absolute atomic E-state index is 11.3. The van der Waals surface area contributed by atoms with Gasteiger partial charge >= 0.3 is 14.2 Å². The van der Waals surface area contributed by atoms with Gasteiger partial charge in [0, 0.05) is 5.39 Å². The van der Waals surface area contributed by atoms with E-state index in [0.29, 0.717) is 5.52 Å². The molecule has 2 aromatic rings. The van der Waals surface area contributed by atoms with Crippen molar-refractivity contribution in [1.82, 2.24) is 4.98 Å². The van der Waals surface area contributed by atoms with E-state index >= 15 is 0 Å². The van der Waals surface area contributed by atoms with Crippen molar-refractivity contribution in [3.8, 4) is 0 Å². The maximum Gasteiger partial charge on any atom is 0.367 e. The monoisotopic (exact) mass is 237 g/mol. The number of aromatic nitrogens is 1. The van der Waals surface area contributed by atoms with Gasteiger partial charge in [-0.2, -0.15) is 0 Å². The molecular formula is C10H8NO4P. The summed E-state index contributed by atoms with van der Waals surface area (Å²) in [6, 6.07) is 10.4. The fourth-order valence-corrected chi connectivity index (χ4v) is 1.57. The van der Waals surface area contributed by atoms with Gasteiger partial charge in [-0.1, -0.05) is 24.3 Å². The lowest BCUT2D eigenvalue weighted by molar-refractivity contribution is 0.0725. The Morgan fingerprint density at radius 2 is 2.00 bits per heavy atom. The molecule has 1 N–H and O–H groups in total. The van der Waals surface area contributed by atoms with Crippen molar-refractivity contribution in [2.75, 3.05) is 0 Å². The molecule has 0 saturated carbocycles. The molecule has 0 aliphatic heterocycles. The summed E-state index contributed by atoms with van der Waals surface area (Å²) in [5, 5.41) is 0.885. The highest BCUT2D eigenvalue weighted by atomic mass is 31.1. The van der Waals surface area contributed by atoms with Crippen molar-refractivity contribution in [2.45, 2.75) is 0 Å². The number of nitrogens with zero attached hydrogens (tertiary/aromatic N) is 1. The highest BCUT2D eigenvalue weighted by Gasteiger charge is 2.11. The summed E-state index contributed by atoms with van der Waals surface area (Å²) in [6.45, 7) is 0. The molecule has 16 heavy (non-hydrogen) atoms. The molecule has 82 valence electrons. The van der Waals surface area contributed by atoms with E-state index in [0.717, 1.165) is 5.39 Å². The molecule has 0 saturated heterocycles. The molecule has 5 nitrogen and oxygen atoms in total. The van der Waals surface area contributed by atoms with E-state index in [-0.39, 0.29) is 5.69 Å². The van der Waals surface area contributed by atoms with E-state index in [4.69, 9.17) is 4.89 Å². The zero-order valence-corrected chi connectivity index (χ0v) is 9.08. The van der Waals surface area contributed by atoms with Crippen molar-refractivity contribution >= 4 is 25.1 Å². The van der Waals surface area contributed by atoms with Gasteiger partial charge in [-0.25, -0.2) is 14.3 Å². The van der Waals surface area contributed by atoms with Crippen LogP contribution in [0.4, 0.5) is 0 Å². The molecule has 1 atom stereocenters. The Kier molecular flexibility index (Phi) is 2.99. The normalized spacial score (nSPS) is 12.3. The molecule has 1 aromatic heterocycles. The minimum atomic E-state index is -3.27. The highest BCUT2D eigenvalue weighted by Crippen LogP contribution is 2.18. The van der Waals surface area contributed by atoms with Crippen molar-refractivity contribution in [1.29, 1.82) is 0 Å². The van der Waals surface area contributed by atoms with Gasteiger partial charge in [0.1, 0.15) is 5.69 Å². The second-order valence-electron chi connectivity index (χ2n) is 3.04. The first-order valence-corrected chi connectivity index (χ1v) is 5.74. The van der Waals surface area contributed by atoms with Crippen LogP contribution in [0.25, 0.3) is 10.9 Å². The Morgan fingerprint density at radius 3 is 2.75 bits per heavy atom. The summed E-state index contributed by atoms with van der Waals surface area (Å²) in [6.07, 6.45) is 0. The van der Waals surface area contributed by atoms with Crippen LogP contribution in [0.15, 0.2) is 36.4 Å². The third kappa shape index (κ3) is 2.27. The lowest BCUT2D eigenvalue weighted by atomic mass is 10.2. The second-order valence-corrected chi connectivity index (χ2v) is 3.78. The molecule has 0 fully saturated rings. The highest BCUT2D eigenvalue weighted by molar-refractivity contribution is 7.32. The van der Waals surface area contributed by atoms with Gasteiger partial charge in [0.05, 0.1) is 5.52 Å². The van der Waals surface area contributed by atoms with Crippen molar-refractivity contribution in [3.05, 3.63) is 42.1 Å². The topological polar surface area (TPSA) is 76.5 Å². The Hall–Kier alpha value is -1.71. The van der Waals surface area contributed by atoms with Gasteiger partial charge in [-0.3, -0.25) is 0 Å². The fourth-order valence-electron chi connectivity index (χ4n) is 1.31. The summed E-state index contributed by atoms with van der Waals surface area (Å²) in [5.41, 5.74) is 0.653. The van der Waals surface area contributed by atoms with Crippen molar-refractivity contribution in [3.63, 3.8) is 0 Å². The third-order valence-corrected chi connectivity index (χ3v) is 2.35. The lowest BCUT2D eigenvalue weighted by Gasteiger charge is -2.01. The van der Waals surface area contributed by atoms with Gasteiger partial charge in [0.2, 0.25) is 0 Å². The van der Waals surface area contributed by atoms with Crippen molar-refractivity contribution in [2.24, 2.45) is 0 Å². The van der Waals surface area contributed by atoms with Gasteiger partial charge in [-0.05, 0) is 12.1 Å². The number of benzene rings is 1. The molecule has 0 amide bonds. The van der Waals surface area contributed by atoms with Crippen LogP contribution in [0.1, 0.15) is 10.5 Å².